The molecule has 11 heavy (non-hydrogen) atoms. The fraction of sp³-hybridized carbons (Fsp3) is 1.00. The Morgan fingerprint density at radius 3 is 2.09 bits per heavy atom. The van der Waals surface area contributed by atoms with E-state index < -0.39 is 10.0 Å². The van der Waals surface area contributed by atoms with Gasteiger partial charge < -0.3 is 8.85 Å². The molecule has 0 saturated carbocycles. The van der Waals surface area contributed by atoms with Crippen molar-refractivity contribution in [1.82, 2.24) is 0 Å². The van der Waals surface area contributed by atoms with E-state index in [0.717, 1.165) is 0 Å². The molecule has 1 saturated heterocycles. The Morgan fingerprint density at radius 1 is 1.36 bits per heavy atom. The lowest BCUT2D eigenvalue weighted by Crippen LogP contribution is -1.93. The predicted molar refractivity (Wildman–Crippen MR) is 54.6 cm³/mol. The highest BCUT2D eigenvalue weighted by Crippen LogP contribution is 2.21. The molecule has 4 heteroatoms. The van der Waals surface area contributed by atoms with Crippen molar-refractivity contribution >= 4 is 19.5 Å². The molecular weight excluding hydrogens is 172 g/mol. The van der Waals surface area contributed by atoms with Gasteiger partial charge in [0, 0.05) is 23.7 Å². The molecule has 1 unspecified atom stereocenters. The third-order valence-corrected chi connectivity index (χ3v) is 4.65. The van der Waals surface area contributed by atoms with Crippen LogP contribution in [0, 0.1) is 0 Å². The third-order valence-electron chi connectivity index (χ3n) is 1.88. The zero-order chi connectivity index (χ0) is 8.53. The summed E-state index contributed by atoms with van der Waals surface area (Å²) in [5.41, 5.74) is 1.19. The van der Waals surface area contributed by atoms with E-state index in [1.807, 2.05) is 0 Å². The molecule has 0 N–H and O–H groups in total. The topological polar surface area (TPSA) is 18.5 Å². The van der Waals surface area contributed by atoms with E-state index in [9.17, 15) is 0 Å². The first kappa shape index (κ1) is 11.4. The first-order chi connectivity index (χ1) is 5.31. The van der Waals surface area contributed by atoms with E-state index in [-0.39, 0.29) is 0 Å². The molecule has 68 valence electrons. The van der Waals surface area contributed by atoms with Crippen LogP contribution in [0.3, 0.4) is 0 Å². The van der Waals surface area contributed by atoms with E-state index >= 15 is 0 Å². The molecule has 1 aliphatic heterocycles. The minimum Gasteiger partial charge on any atom is -0.402 e. The van der Waals surface area contributed by atoms with E-state index in [1.54, 1.807) is 33.1 Å². The van der Waals surface area contributed by atoms with Gasteiger partial charge in [-0.3, -0.25) is 0 Å². The number of rotatable bonds is 2. The normalized spacial score (nSPS) is 24.8. The van der Waals surface area contributed by atoms with Crippen LogP contribution in [-0.4, -0.2) is 33.7 Å². The Hall–Kier alpha value is 0.354. The van der Waals surface area contributed by atoms with Crippen LogP contribution in [0.25, 0.3) is 0 Å². The summed E-state index contributed by atoms with van der Waals surface area (Å²) in [5, 5.41) is 0. The molecule has 0 bridgehead atoms. The van der Waals surface area contributed by atoms with Crippen molar-refractivity contribution in [2.45, 2.75) is 31.4 Å². The van der Waals surface area contributed by atoms with Gasteiger partial charge in [-0.15, -0.1) is 0 Å². The highest BCUT2D eigenvalue weighted by atomic mass is 28.3. The van der Waals surface area contributed by atoms with E-state index in [2.05, 4.69) is 15.8 Å². The van der Waals surface area contributed by atoms with Gasteiger partial charge in [0.05, 0.1) is 0 Å². The number of hydrogen-bond acceptors (Lipinski definition) is 2. The maximum Gasteiger partial charge on any atom is 0.303 e. The second-order valence-corrected chi connectivity index (χ2v) is 7.15. The Kier molecular flexibility index (Phi) is 8.72. The highest BCUT2D eigenvalue weighted by molar-refractivity contribution is 6.38. The van der Waals surface area contributed by atoms with Gasteiger partial charge >= 0.3 is 10.0 Å². The Bertz CT molecular complexity index is 72.8. The van der Waals surface area contributed by atoms with Crippen molar-refractivity contribution in [1.29, 1.82) is 0 Å². The summed E-state index contributed by atoms with van der Waals surface area (Å²) in [6.07, 6.45) is 3.10. The van der Waals surface area contributed by atoms with Crippen LogP contribution in [0.1, 0.15) is 19.8 Å². The fourth-order valence-corrected chi connectivity index (χ4v) is 3.34. The minimum atomic E-state index is -0.568. The van der Waals surface area contributed by atoms with E-state index in [4.69, 9.17) is 0 Å². The van der Waals surface area contributed by atoms with Gasteiger partial charge in [-0.1, -0.05) is 31.4 Å². The molecule has 2 nitrogen and oxygen atoms in total. The van der Waals surface area contributed by atoms with Crippen LogP contribution >= 0.6 is 0 Å². The average molecular weight is 192 g/mol. The summed E-state index contributed by atoms with van der Waals surface area (Å²) >= 11 is 0. The monoisotopic (exact) mass is 192 g/mol. The van der Waals surface area contributed by atoms with Crippen molar-refractivity contribution in [2.24, 2.45) is 0 Å². The van der Waals surface area contributed by atoms with E-state index in [1.165, 1.54) is 5.54 Å². The zero-order valence-electron chi connectivity index (χ0n) is 7.93. The third kappa shape index (κ3) is 8.26. The summed E-state index contributed by atoms with van der Waals surface area (Å²) in [6, 6.07) is 1.63. The molecule has 0 amide bonds. The largest absolute Gasteiger partial charge is 0.402 e. The van der Waals surface area contributed by atoms with Gasteiger partial charge in [0.25, 0.3) is 0 Å². The predicted octanol–water partition coefficient (Wildman–Crippen LogP) is 0.454. The lowest BCUT2D eigenvalue weighted by atomic mass is 10.3. The Morgan fingerprint density at radius 2 is 2.00 bits per heavy atom. The van der Waals surface area contributed by atoms with Crippen molar-refractivity contribution in [2.75, 3.05) is 14.2 Å². The van der Waals surface area contributed by atoms with Gasteiger partial charge in [-0.05, 0) is 0 Å². The van der Waals surface area contributed by atoms with Gasteiger partial charge in [0.2, 0.25) is 0 Å². The molecule has 0 aromatic carbocycles. The maximum atomic E-state index is 4.61. The molecule has 0 aromatic rings. The summed E-state index contributed by atoms with van der Waals surface area (Å²) < 4.78 is 9.22. The lowest BCUT2D eigenvalue weighted by Gasteiger charge is -1.90. The van der Waals surface area contributed by atoms with Crippen molar-refractivity contribution in [3.63, 3.8) is 0 Å². The number of hydrogen-bond donors (Lipinski definition) is 0. The van der Waals surface area contributed by atoms with Crippen molar-refractivity contribution in [3.05, 3.63) is 0 Å². The van der Waals surface area contributed by atoms with Crippen molar-refractivity contribution < 1.29 is 8.85 Å². The van der Waals surface area contributed by atoms with Crippen LogP contribution in [0.2, 0.25) is 11.6 Å². The summed E-state index contributed by atoms with van der Waals surface area (Å²) in [7, 11) is 3.20. The molecule has 0 aliphatic carbocycles. The van der Waals surface area contributed by atoms with Crippen molar-refractivity contribution in [3.8, 4) is 0 Å². The van der Waals surface area contributed by atoms with Gasteiger partial charge in [0.1, 0.15) is 0 Å². The first-order valence-electron chi connectivity index (χ1n) is 4.29. The standard InChI is InChI=1S/C5H12Si.C2H8O2Si/c1-5-3-2-4-6-5;1-3-5-4-2/h5H,2-4,6H2,1H3;5H2,1-2H3. The van der Waals surface area contributed by atoms with Gasteiger partial charge in [-0.25, -0.2) is 0 Å². The summed E-state index contributed by atoms with van der Waals surface area (Å²) in [4.78, 5) is 0. The maximum absolute atomic E-state index is 4.61. The molecule has 1 atom stereocenters. The minimum absolute atomic E-state index is 0.468. The summed E-state index contributed by atoms with van der Waals surface area (Å²) in [5.74, 6) is 0. The van der Waals surface area contributed by atoms with Gasteiger partial charge in [0.15, 0.2) is 0 Å². The Labute approximate surface area is 74.6 Å². The molecule has 1 fully saturated rings. The highest BCUT2D eigenvalue weighted by Gasteiger charge is 2.08. The Balaban J connectivity index is 0.000000187. The van der Waals surface area contributed by atoms with Crippen LogP contribution in [-0.2, 0) is 8.85 Å². The van der Waals surface area contributed by atoms with Crippen LogP contribution < -0.4 is 0 Å². The molecule has 0 spiro atoms. The van der Waals surface area contributed by atoms with Crippen LogP contribution in [0.4, 0.5) is 0 Å². The quantitative estimate of drug-likeness (QED) is 0.592. The van der Waals surface area contributed by atoms with Crippen LogP contribution in [0.5, 0.6) is 0 Å². The zero-order valence-corrected chi connectivity index (χ0v) is 10.8. The molecule has 0 aromatic heterocycles. The smallest absolute Gasteiger partial charge is 0.303 e. The second kappa shape index (κ2) is 8.45. The molecule has 1 aliphatic rings. The lowest BCUT2D eigenvalue weighted by molar-refractivity contribution is 0.309. The van der Waals surface area contributed by atoms with Gasteiger partial charge in [-0.2, -0.15) is 0 Å². The molecule has 1 rings (SSSR count). The summed E-state index contributed by atoms with van der Waals surface area (Å²) in [6.45, 7) is 2.40. The fourth-order valence-electron chi connectivity index (χ4n) is 1.25. The van der Waals surface area contributed by atoms with E-state index in [0.29, 0.717) is 9.52 Å². The molecule has 1 heterocycles. The molecular formula is C7H20O2Si2. The average Bonchev–Trinajstić information content (AvgIpc) is 2.43. The van der Waals surface area contributed by atoms with Crippen LogP contribution in [0.15, 0.2) is 0 Å². The SMILES string of the molecule is CC1CCC[SiH2]1.CO[SiH2]OC. The second-order valence-electron chi connectivity index (χ2n) is 3.08. The molecule has 0 radical (unpaired) electrons. The first-order valence-corrected chi connectivity index (χ1v) is 7.26.